The number of ether oxygens (including phenoxy) is 1. The van der Waals surface area contributed by atoms with E-state index < -0.39 is 24.0 Å². The Morgan fingerprint density at radius 2 is 1.83 bits per heavy atom. The third-order valence-electron chi connectivity index (χ3n) is 3.11. The Bertz CT molecular complexity index is 708. The first kappa shape index (κ1) is 16.3. The standard InChI is InChI=1S/C16H16N2O5/c1-10-12(8-9-22-10)15(20)23-13(11-6-4-3-5-7-11)14(19)18-16(21)17-2/h3-9,13H,1-2H3,(H2,17,18,19,21)/t13-/m1/s1. The molecule has 0 aliphatic carbocycles. The van der Waals surface area contributed by atoms with Crippen molar-refractivity contribution < 1.29 is 23.5 Å². The maximum atomic E-state index is 12.2. The van der Waals surface area contributed by atoms with Gasteiger partial charge in [-0.15, -0.1) is 0 Å². The number of rotatable bonds is 4. The highest BCUT2D eigenvalue weighted by Gasteiger charge is 2.27. The molecule has 1 aromatic carbocycles. The molecule has 1 aromatic heterocycles. The first-order chi connectivity index (χ1) is 11.0. The zero-order valence-electron chi connectivity index (χ0n) is 12.7. The van der Waals surface area contributed by atoms with E-state index in [9.17, 15) is 14.4 Å². The van der Waals surface area contributed by atoms with Crippen LogP contribution < -0.4 is 10.6 Å². The van der Waals surface area contributed by atoms with Crippen molar-refractivity contribution in [3.8, 4) is 0 Å². The summed E-state index contributed by atoms with van der Waals surface area (Å²) < 4.78 is 10.3. The van der Waals surface area contributed by atoms with Crippen molar-refractivity contribution in [2.75, 3.05) is 7.05 Å². The first-order valence-corrected chi connectivity index (χ1v) is 6.85. The highest BCUT2D eigenvalue weighted by molar-refractivity contribution is 5.99. The third-order valence-corrected chi connectivity index (χ3v) is 3.11. The van der Waals surface area contributed by atoms with Crippen molar-refractivity contribution >= 4 is 17.9 Å². The van der Waals surface area contributed by atoms with Crippen LogP contribution in [0, 0.1) is 6.92 Å². The summed E-state index contributed by atoms with van der Waals surface area (Å²) in [4.78, 5) is 35.8. The maximum Gasteiger partial charge on any atom is 0.342 e. The van der Waals surface area contributed by atoms with Crippen LogP contribution in [0.3, 0.4) is 0 Å². The number of urea groups is 1. The zero-order chi connectivity index (χ0) is 16.8. The minimum atomic E-state index is -1.25. The van der Waals surface area contributed by atoms with Crippen molar-refractivity contribution in [1.29, 1.82) is 0 Å². The fourth-order valence-corrected chi connectivity index (χ4v) is 1.91. The van der Waals surface area contributed by atoms with Crippen molar-refractivity contribution in [2.24, 2.45) is 0 Å². The highest BCUT2D eigenvalue weighted by Crippen LogP contribution is 2.21. The first-order valence-electron chi connectivity index (χ1n) is 6.85. The molecule has 0 radical (unpaired) electrons. The number of aryl methyl sites for hydroxylation is 1. The van der Waals surface area contributed by atoms with Crippen molar-refractivity contribution in [1.82, 2.24) is 10.6 Å². The van der Waals surface area contributed by atoms with E-state index in [1.165, 1.54) is 19.4 Å². The Labute approximate surface area is 132 Å². The van der Waals surface area contributed by atoms with E-state index in [0.29, 0.717) is 11.3 Å². The lowest BCUT2D eigenvalue weighted by Crippen LogP contribution is -2.41. The van der Waals surface area contributed by atoms with Gasteiger partial charge in [-0.05, 0) is 13.0 Å². The number of hydrogen-bond donors (Lipinski definition) is 2. The molecule has 2 N–H and O–H groups in total. The summed E-state index contributed by atoms with van der Waals surface area (Å²) in [6.07, 6.45) is 0.101. The van der Waals surface area contributed by atoms with Crippen molar-refractivity contribution in [3.63, 3.8) is 0 Å². The summed E-state index contributed by atoms with van der Waals surface area (Å²) in [6, 6.07) is 9.19. The number of carbonyl (C=O) groups excluding carboxylic acids is 3. The van der Waals surface area contributed by atoms with Gasteiger partial charge in [0.2, 0.25) is 6.10 Å². The topological polar surface area (TPSA) is 97.6 Å². The molecule has 0 unspecified atom stereocenters. The van der Waals surface area contributed by atoms with Crippen LogP contribution in [0.15, 0.2) is 47.1 Å². The fourth-order valence-electron chi connectivity index (χ4n) is 1.91. The average molecular weight is 316 g/mol. The van der Waals surface area contributed by atoms with Gasteiger partial charge in [-0.2, -0.15) is 0 Å². The lowest BCUT2D eigenvalue weighted by atomic mass is 10.1. The lowest BCUT2D eigenvalue weighted by molar-refractivity contribution is -0.129. The predicted molar refractivity (Wildman–Crippen MR) is 80.6 cm³/mol. The van der Waals surface area contributed by atoms with Crippen LogP contribution in [-0.2, 0) is 9.53 Å². The zero-order valence-corrected chi connectivity index (χ0v) is 12.7. The van der Waals surface area contributed by atoms with Gasteiger partial charge in [-0.3, -0.25) is 10.1 Å². The van der Waals surface area contributed by atoms with Crippen LogP contribution in [-0.4, -0.2) is 25.0 Å². The molecule has 0 bridgehead atoms. The second kappa shape index (κ2) is 7.26. The SMILES string of the molecule is CNC(=O)NC(=O)[C@H](OC(=O)c1ccoc1C)c1ccccc1. The number of imide groups is 1. The number of hydrogen-bond acceptors (Lipinski definition) is 5. The third kappa shape index (κ3) is 3.97. The molecule has 1 atom stereocenters. The maximum absolute atomic E-state index is 12.2. The van der Waals surface area contributed by atoms with Gasteiger partial charge in [0.1, 0.15) is 11.3 Å². The number of furan rings is 1. The molecule has 0 saturated heterocycles. The Kier molecular flexibility index (Phi) is 5.14. The van der Waals surface area contributed by atoms with Crippen LogP contribution in [0.4, 0.5) is 4.79 Å². The number of nitrogens with one attached hydrogen (secondary N) is 2. The Balaban J connectivity index is 2.23. The summed E-state index contributed by atoms with van der Waals surface area (Å²) in [7, 11) is 1.38. The lowest BCUT2D eigenvalue weighted by Gasteiger charge is -2.17. The van der Waals surface area contributed by atoms with E-state index in [-0.39, 0.29) is 5.56 Å². The molecular weight excluding hydrogens is 300 g/mol. The molecule has 2 rings (SSSR count). The predicted octanol–water partition coefficient (Wildman–Crippen LogP) is 1.94. The molecule has 0 saturated carbocycles. The average Bonchev–Trinajstić information content (AvgIpc) is 2.99. The number of benzene rings is 1. The van der Waals surface area contributed by atoms with Gasteiger partial charge < -0.3 is 14.5 Å². The Morgan fingerprint density at radius 3 is 2.39 bits per heavy atom. The van der Waals surface area contributed by atoms with E-state index in [1.54, 1.807) is 37.3 Å². The van der Waals surface area contributed by atoms with Crippen LogP contribution >= 0.6 is 0 Å². The number of amides is 3. The van der Waals surface area contributed by atoms with Gasteiger partial charge >= 0.3 is 12.0 Å². The van der Waals surface area contributed by atoms with Gasteiger partial charge in [0.15, 0.2) is 0 Å². The van der Waals surface area contributed by atoms with Gasteiger partial charge in [-0.25, -0.2) is 9.59 Å². The summed E-state index contributed by atoms with van der Waals surface area (Å²) >= 11 is 0. The molecule has 0 fully saturated rings. The van der Waals surface area contributed by atoms with Crippen LogP contribution in [0.2, 0.25) is 0 Å². The second-order valence-electron chi connectivity index (χ2n) is 4.65. The summed E-state index contributed by atoms with van der Waals surface area (Å²) in [6.45, 7) is 1.61. The quantitative estimate of drug-likeness (QED) is 0.840. The largest absolute Gasteiger partial charge is 0.469 e. The summed E-state index contributed by atoms with van der Waals surface area (Å²) in [5.74, 6) is -1.07. The van der Waals surface area contributed by atoms with E-state index in [4.69, 9.17) is 9.15 Å². The minimum Gasteiger partial charge on any atom is -0.469 e. The summed E-state index contributed by atoms with van der Waals surface area (Å²) in [5.41, 5.74) is 0.669. The number of carbonyl (C=O) groups is 3. The van der Waals surface area contributed by atoms with Crippen LogP contribution in [0.25, 0.3) is 0 Å². The molecule has 0 spiro atoms. The van der Waals surface area contributed by atoms with Gasteiger partial charge in [0.05, 0.1) is 6.26 Å². The Morgan fingerprint density at radius 1 is 1.13 bits per heavy atom. The molecule has 7 heteroatoms. The van der Waals surface area contributed by atoms with E-state index in [2.05, 4.69) is 10.6 Å². The molecule has 3 amide bonds. The van der Waals surface area contributed by atoms with Crippen LogP contribution in [0.1, 0.15) is 27.8 Å². The molecule has 2 aromatic rings. The van der Waals surface area contributed by atoms with Crippen molar-refractivity contribution in [2.45, 2.75) is 13.0 Å². The van der Waals surface area contributed by atoms with Crippen LogP contribution in [0.5, 0.6) is 0 Å². The molecular formula is C16H16N2O5. The smallest absolute Gasteiger partial charge is 0.342 e. The minimum absolute atomic E-state index is 0.221. The second-order valence-corrected chi connectivity index (χ2v) is 4.65. The van der Waals surface area contributed by atoms with Gasteiger partial charge in [0, 0.05) is 12.6 Å². The molecule has 1 heterocycles. The molecule has 120 valence electrons. The molecule has 0 aliphatic heterocycles. The monoisotopic (exact) mass is 316 g/mol. The van der Waals surface area contributed by atoms with Gasteiger partial charge in [-0.1, -0.05) is 30.3 Å². The molecule has 7 nitrogen and oxygen atoms in total. The summed E-state index contributed by atoms with van der Waals surface area (Å²) in [5, 5.41) is 4.37. The molecule has 23 heavy (non-hydrogen) atoms. The van der Waals surface area contributed by atoms with E-state index in [0.717, 1.165) is 0 Å². The highest BCUT2D eigenvalue weighted by atomic mass is 16.5. The van der Waals surface area contributed by atoms with E-state index in [1.807, 2.05) is 0 Å². The van der Waals surface area contributed by atoms with Crippen molar-refractivity contribution in [3.05, 3.63) is 59.5 Å². The fraction of sp³-hybridized carbons (Fsp3) is 0.188. The Hall–Kier alpha value is -3.09. The van der Waals surface area contributed by atoms with E-state index >= 15 is 0 Å². The van der Waals surface area contributed by atoms with Gasteiger partial charge in [0.25, 0.3) is 5.91 Å². The molecule has 0 aliphatic rings. The normalized spacial score (nSPS) is 11.4. The number of esters is 1.